The first-order valence-electron chi connectivity index (χ1n) is 7.52. The number of rotatable bonds is 2. The Morgan fingerprint density at radius 1 is 1.00 bits per heavy atom. The molecule has 0 bridgehead atoms. The molecule has 0 aromatic heterocycles. The summed E-state index contributed by atoms with van der Waals surface area (Å²) in [6.45, 7) is 2.34. The van der Waals surface area contributed by atoms with Crippen LogP contribution in [0.5, 0.6) is 0 Å². The van der Waals surface area contributed by atoms with E-state index in [0.29, 0.717) is 6.61 Å². The van der Waals surface area contributed by atoms with E-state index in [-0.39, 0.29) is 18.7 Å². The SMILES string of the molecule is OCC1COCCN1C1c2ccccc2-c2ccccc21. The van der Waals surface area contributed by atoms with Crippen molar-refractivity contribution in [1.29, 1.82) is 0 Å². The van der Waals surface area contributed by atoms with E-state index in [9.17, 15) is 5.11 Å². The van der Waals surface area contributed by atoms with Gasteiger partial charge in [-0.1, -0.05) is 48.5 Å². The molecule has 1 heterocycles. The minimum absolute atomic E-state index is 0.0722. The molecule has 21 heavy (non-hydrogen) atoms. The number of hydrogen-bond donors (Lipinski definition) is 1. The first kappa shape index (κ1) is 13.0. The first-order valence-corrected chi connectivity index (χ1v) is 7.52. The van der Waals surface area contributed by atoms with Gasteiger partial charge in [0.2, 0.25) is 0 Å². The van der Waals surface area contributed by atoms with Crippen molar-refractivity contribution in [2.24, 2.45) is 0 Å². The van der Waals surface area contributed by atoms with Crippen LogP contribution in [0.2, 0.25) is 0 Å². The summed E-state index contributed by atoms with van der Waals surface area (Å²) in [6, 6.07) is 17.5. The van der Waals surface area contributed by atoms with Crippen molar-refractivity contribution in [3.63, 3.8) is 0 Å². The molecule has 1 aliphatic heterocycles. The largest absolute Gasteiger partial charge is 0.395 e. The van der Waals surface area contributed by atoms with E-state index in [1.807, 2.05) is 0 Å². The van der Waals surface area contributed by atoms with Gasteiger partial charge in [-0.05, 0) is 22.3 Å². The maximum absolute atomic E-state index is 9.70. The third kappa shape index (κ3) is 2.01. The number of aliphatic hydroxyl groups is 1. The van der Waals surface area contributed by atoms with Crippen LogP contribution in [0, 0.1) is 0 Å². The van der Waals surface area contributed by atoms with E-state index in [4.69, 9.17) is 4.74 Å². The van der Waals surface area contributed by atoms with Crippen LogP contribution in [0.25, 0.3) is 11.1 Å². The summed E-state index contributed by atoms with van der Waals surface area (Å²) >= 11 is 0. The molecular weight excluding hydrogens is 262 g/mol. The second kappa shape index (κ2) is 5.26. The molecule has 0 spiro atoms. The van der Waals surface area contributed by atoms with E-state index in [1.54, 1.807) is 0 Å². The normalized spacial score (nSPS) is 22.0. The lowest BCUT2D eigenvalue weighted by Crippen LogP contribution is -2.49. The fourth-order valence-corrected chi connectivity index (χ4v) is 3.65. The fourth-order valence-electron chi connectivity index (χ4n) is 3.65. The standard InChI is InChI=1S/C18H19NO2/c20-11-13-12-21-10-9-19(13)18-16-7-3-1-5-14(16)15-6-2-4-8-17(15)18/h1-8,13,18,20H,9-12H2. The molecular formula is C18H19NO2. The summed E-state index contributed by atoms with van der Waals surface area (Å²) in [5, 5.41) is 9.70. The third-order valence-electron chi connectivity index (χ3n) is 4.62. The maximum Gasteiger partial charge on any atom is 0.0645 e. The Labute approximate surface area is 124 Å². The van der Waals surface area contributed by atoms with Gasteiger partial charge in [0.05, 0.1) is 31.9 Å². The Kier molecular flexibility index (Phi) is 3.26. The molecule has 2 aromatic carbocycles. The molecule has 1 fully saturated rings. The Morgan fingerprint density at radius 2 is 1.62 bits per heavy atom. The number of aliphatic hydroxyl groups excluding tert-OH is 1. The van der Waals surface area contributed by atoms with Gasteiger partial charge in [-0.3, -0.25) is 4.90 Å². The van der Waals surface area contributed by atoms with Crippen LogP contribution >= 0.6 is 0 Å². The molecule has 3 heteroatoms. The Morgan fingerprint density at radius 3 is 2.24 bits per heavy atom. The van der Waals surface area contributed by atoms with Gasteiger partial charge in [0.1, 0.15) is 0 Å². The van der Waals surface area contributed by atoms with Crippen LogP contribution in [0.4, 0.5) is 0 Å². The van der Waals surface area contributed by atoms with Crippen molar-refractivity contribution in [2.75, 3.05) is 26.4 Å². The van der Waals surface area contributed by atoms with Gasteiger partial charge in [0, 0.05) is 6.54 Å². The van der Waals surface area contributed by atoms with Crippen molar-refractivity contribution in [3.05, 3.63) is 59.7 Å². The molecule has 2 aliphatic rings. The zero-order valence-electron chi connectivity index (χ0n) is 11.9. The summed E-state index contributed by atoms with van der Waals surface area (Å²) in [4.78, 5) is 2.40. The highest BCUT2D eigenvalue weighted by Gasteiger charge is 2.37. The predicted molar refractivity (Wildman–Crippen MR) is 82.1 cm³/mol. The number of morpholine rings is 1. The number of nitrogens with zero attached hydrogens (tertiary/aromatic N) is 1. The van der Waals surface area contributed by atoms with Crippen molar-refractivity contribution in [3.8, 4) is 11.1 Å². The quantitative estimate of drug-likeness (QED) is 0.918. The van der Waals surface area contributed by atoms with Crippen molar-refractivity contribution >= 4 is 0 Å². The second-order valence-electron chi connectivity index (χ2n) is 5.73. The minimum Gasteiger partial charge on any atom is -0.395 e. The van der Waals surface area contributed by atoms with Gasteiger partial charge < -0.3 is 9.84 Å². The summed E-state index contributed by atoms with van der Waals surface area (Å²) in [6.07, 6.45) is 0. The van der Waals surface area contributed by atoms with Crippen molar-refractivity contribution < 1.29 is 9.84 Å². The lowest BCUT2D eigenvalue weighted by Gasteiger charge is -2.39. The monoisotopic (exact) mass is 281 g/mol. The lowest BCUT2D eigenvalue weighted by molar-refractivity contribution is -0.0402. The van der Waals surface area contributed by atoms with Crippen LogP contribution in [-0.2, 0) is 4.74 Å². The zero-order valence-corrected chi connectivity index (χ0v) is 11.9. The molecule has 0 radical (unpaired) electrons. The Balaban J connectivity index is 1.84. The highest BCUT2D eigenvalue weighted by molar-refractivity contribution is 5.78. The molecule has 1 aliphatic carbocycles. The molecule has 1 N–H and O–H groups in total. The minimum atomic E-state index is 0.0722. The highest BCUT2D eigenvalue weighted by Crippen LogP contribution is 2.46. The summed E-state index contributed by atoms with van der Waals surface area (Å²) in [5.74, 6) is 0. The third-order valence-corrected chi connectivity index (χ3v) is 4.62. The van der Waals surface area contributed by atoms with E-state index in [0.717, 1.165) is 13.2 Å². The van der Waals surface area contributed by atoms with Gasteiger partial charge in [0.15, 0.2) is 0 Å². The zero-order chi connectivity index (χ0) is 14.2. The van der Waals surface area contributed by atoms with E-state index >= 15 is 0 Å². The van der Waals surface area contributed by atoms with Crippen LogP contribution in [0.15, 0.2) is 48.5 Å². The molecule has 4 rings (SSSR count). The summed E-state index contributed by atoms with van der Waals surface area (Å²) < 4.78 is 5.54. The van der Waals surface area contributed by atoms with Crippen molar-refractivity contribution in [2.45, 2.75) is 12.1 Å². The molecule has 0 saturated carbocycles. The fraction of sp³-hybridized carbons (Fsp3) is 0.333. The van der Waals surface area contributed by atoms with Crippen LogP contribution in [0.3, 0.4) is 0 Å². The maximum atomic E-state index is 9.70. The average molecular weight is 281 g/mol. The van der Waals surface area contributed by atoms with E-state index in [2.05, 4.69) is 53.4 Å². The van der Waals surface area contributed by atoms with Gasteiger partial charge in [-0.25, -0.2) is 0 Å². The lowest BCUT2D eigenvalue weighted by atomic mass is 10.0. The predicted octanol–water partition coefficient (Wildman–Crippen LogP) is 2.45. The second-order valence-corrected chi connectivity index (χ2v) is 5.73. The van der Waals surface area contributed by atoms with Crippen molar-refractivity contribution in [1.82, 2.24) is 4.90 Å². The number of hydrogen-bond acceptors (Lipinski definition) is 3. The molecule has 1 unspecified atom stereocenters. The van der Waals surface area contributed by atoms with Crippen LogP contribution in [0.1, 0.15) is 17.2 Å². The summed E-state index contributed by atoms with van der Waals surface area (Å²) in [7, 11) is 0. The molecule has 0 amide bonds. The van der Waals surface area contributed by atoms with Gasteiger partial charge in [-0.15, -0.1) is 0 Å². The topological polar surface area (TPSA) is 32.7 Å². The molecule has 3 nitrogen and oxygen atoms in total. The Hall–Kier alpha value is -1.68. The number of ether oxygens (including phenoxy) is 1. The molecule has 1 atom stereocenters. The van der Waals surface area contributed by atoms with Gasteiger partial charge in [0.25, 0.3) is 0 Å². The smallest absolute Gasteiger partial charge is 0.0645 e. The molecule has 108 valence electrons. The van der Waals surface area contributed by atoms with E-state index in [1.165, 1.54) is 22.3 Å². The average Bonchev–Trinajstić information content (AvgIpc) is 2.89. The first-order chi connectivity index (χ1) is 10.4. The number of benzene rings is 2. The van der Waals surface area contributed by atoms with Gasteiger partial charge >= 0.3 is 0 Å². The van der Waals surface area contributed by atoms with Crippen LogP contribution in [-0.4, -0.2) is 42.4 Å². The molecule has 1 saturated heterocycles. The number of fused-ring (bicyclic) bond motifs is 3. The Bertz CT molecular complexity index is 610. The van der Waals surface area contributed by atoms with Gasteiger partial charge in [-0.2, -0.15) is 0 Å². The summed E-state index contributed by atoms with van der Waals surface area (Å²) in [5.41, 5.74) is 5.33. The highest BCUT2D eigenvalue weighted by atomic mass is 16.5. The van der Waals surface area contributed by atoms with Crippen LogP contribution < -0.4 is 0 Å². The molecule has 2 aromatic rings. The van der Waals surface area contributed by atoms with E-state index < -0.39 is 0 Å².